The molecule has 19 heavy (non-hydrogen) atoms. The molecule has 0 saturated carbocycles. The first-order chi connectivity index (χ1) is 8.96. The van der Waals surface area contributed by atoms with Gasteiger partial charge < -0.3 is 0 Å². The van der Waals surface area contributed by atoms with Gasteiger partial charge in [0.05, 0.1) is 0 Å². The van der Waals surface area contributed by atoms with E-state index in [1.165, 1.54) is 48.8 Å². The summed E-state index contributed by atoms with van der Waals surface area (Å²) in [5.74, 6) is 0. The van der Waals surface area contributed by atoms with E-state index in [1.54, 1.807) is 11.1 Å². The van der Waals surface area contributed by atoms with Crippen molar-refractivity contribution in [1.82, 2.24) is 0 Å². The molecule has 1 aliphatic rings. The predicted molar refractivity (Wildman–Crippen MR) is 89.0 cm³/mol. The highest BCUT2D eigenvalue weighted by atomic mass is 14.2. The molecule has 2 rings (SSSR count). The SMILES string of the molecule is C=C(C)C.CCC.CCc1cc2c(cc1C)CCC2. The third-order valence-corrected chi connectivity index (χ3v) is 2.93. The van der Waals surface area contributed by atoms with Gasteiger partial charge in [0.1, 0.15) is 0 Å². The average molecular weight is 260 g/mol. The monoisotopic (exact) mass is 260 g/mol. The van der Waals surface area contributed by atoms with E-state index >= 15 is 0 Å². The summed E-state index contributed by atoms with van der Waals surface area (Å²) in [7, 11) is 0. The van der Waals surface area contributed by atoms with E-state index in [2.05, 4.69) is 46.4 Å². The first-order valence-corrected chi connectivity index (χ1v) is 7.69. The molecule has 0 N–H and O–H groups in total. The lowest BCUT2D eigenvalue weighted by Gasteiger charge is -2.06. The third kappa shape index (κ3) is 7.20. The predicted octanol–water partition coefficient (Wildman–Crippen LogP) is 6.04. The van der Waals surface area contributed by atoms with Crippen LogP contribution in [0.2, 0.25) is 0 Å². The van der Waals surface area contributed by atoms with Crippen LogP contribution < -0.4 is 0 Å². The van der Waals surface area contributed by atoms with Crippen molar-refractivity contribution in [2.45, 2.75) is 73.6 Å². The van der Waals surface area contributed by atoms with Crippen LogP contribution in [0.5, 0.6) is 0 Å². The van der Waals surface area contributed by atoms with Crippen LogP contribution in [-0.2, 0) is 19.3 Å². The van der Waals surface area contributed by atoms with Crippen LogP contribution >= 0.6 is 0 Å². The van der Waals surface area contributed by atoms with Gasteiger partial charge in [-0.05, 0) is 68.7 Å². The smallest absolute Gasteiger partial charge is 0.0273 e. The van der Waals surface area contributed by atoms with Gasteiger partial charge in [0.25, 0.3) is 0 Å². The van der Waals surface area contributed by atoms with Gasteiger partial charge in [-0.15, -0.1) is 6.58 Å². The van der Waals surface area contributed by atoms with Gasteiger partial charge in [0.2, 0.25) is 0 Å². The molecule has 0 heteroatoms. The molecule has 0 aliphatic heterocycles. The highest BCUT2D eigenvalue weighted by Crippen LogP contribution is 2.25. The van der Waals surface area contributed by atoms with Gasteiger partial charge in [0, 0.05) is 0 Å². The van der Waals surface area contributed by atoms with Crippen LogP contribution in [0.3, 0.4) is 0 Å². The van der Waals surface area contributed by atoms with Gasteiger partial charge >= 0.3 is 0 Å². The first-order valence-electron chi connectivity index (χ1n) is 7.69. The Morgan fingerprint density at radius 3 is 1.89 bits per heavy atom. The molecule has 0 radical (unpaired) electrons. The Balaban J connectivity index is 0.000000393. The summed E-state index contributed by atoms with van der Waals surface area (Å²) < 4.78 is 0. The molecule has 108 valence electrons. The molecule has 0 nitrogen and oxygen atoms in total. The van der Waals surface area contributed by atoms with E-state index in [0.29, 0.717) is 0 Å². The minimum Gasteiger partial charge on any atom is -0.100 e. The molecule has 0 amide bonds. The highest BCUT2D eigenvalue weighted by molar-refractivity contribution is 5.40. The molecule has 0 saturated heterocycles. The number of fused-ring (bicyclic) bond motifs is 1. The van der Waals surface area contributed by atoms with E-state index in [0.717, 1.165) is 0 Å². The van der Waals surface area contributed by atoms with E-state index in [9.17, 15) is 0 Å². The Kier molecular flexibility index (Phi) is 9.30. The number of allylic oxidation sites excluding steroid dienone is 1. The Morgan fingerprint density at radius 2 is 1.47 bits per heavy atom. The molecule has 0 unspecified atom stereocenters. The van der Waals surface area contributed by atoms with Crippen LogP contribution in [0.15, 0.2) is 24.3 Å². The molecule has 0 atom stereocenters. The van der Waals surface area contributed by atoms with E-state index < -0.39 is 0 Å². The van der Waals surface area contributed by atoms with Crippen LogP contribution in [0.4, 0.5) is 0 Å². The van der Waals surface area contributed by atoms with Crippen LogP contribution in [0.25, 0.3) is 0 Å². The summed E-state index contributed by atoms with van der Waals surface area (Å²) in [5.41, 5.74) is 7.40. The fourth-order valence-corrected chi connectivity index (χ4v) is 2.18. The second-order valence-corrected chi connectivity index (χ2v) is 5.67. The molecule has 0 bridgehead atoms. The lowest BCUT2D eigenvalue weighted by molar-refractivity contribution is 0.911. The average Bonchev–Trinajstić information content (AvgIpc) is 2.75. The molecule has 0 fully saturated rings. The summed E-state index contributed by atoms with van der Waals surface area (Å²) in [6, 6.07) is 4.80. The van der Waals surface area contributed by atoms with E-state index in [1.807, 2.05) is 13.8 Å². The number of hydrogen-bond donors (Lipinski definition) is 0. The van der Waals surface area contributed by atoms with Crippen molar-refractivity contribution in [1.29, 1.82) is 0 Å². The van der Waals surface area contributed by atoms with Crippen LogP contribution in [0, 0.1) is 6.92 Å². The van der Waals surface area contributed by atoms with Crippen molar-refractivity contribution in [3.8, 4) is 0 Å². The Labute approximate surface area is 120 Å². The minimum atomic E-state index is 1.17. The molecule has 0 heterocycles. The maximum Gasteiger partial charge on any atom is -0.0273 e. The molecule has 1 aromatic carbocycles. The molecule has 1 aromatic rings. The van der Waals surface area contributed by atoms with Crippen molar-refractivity contribution >= 4 is 0 Å². The van der Waals surface area contributed by atoms with Gasteiger partial charge in [-0.1, -0.05) is 44.9 Å². The summed E-state index contributed by atoms with van der Waals surface area (Å²) >= 11 is 0. The van der Waals surface area contributed by atoms with Crippen molar-refractivity contribution in [3.63, 3.8) is 0 Å². The number of benzene rings is 1. The van der Waals surface area contributed by atoms with Crippen LogP contribution in [-0.4, -0.2) is 0 Å². The third-order valence-electron chi connectivity index (χ3n) is 2.93. The van der Waals surface area contributed by atoms with Crippen LogP contribution in [0.1, 0.15) is 69.7 Å². The summed E-state index contributed by atoms with van der Waals surface area (Å²) in [6.07, 6.45) is 6.41. The Morgan fingerprint density at radius 1 is 1.05 bits per heavy atom. The van der Waals surface area contributed by atoms with Gasteiger partial charge in [-0.3, -0.25) is 0 Å². The van der Waals surface area contributed by atoms with Gasteiger partial charge in [-0.25, -0.2) is 0 Å². The fourth-order valence-electron chi connectivity index (χ4n) is 2.18. The van der Waals surface area contributed by atoms with E-state index in [4.69, 9.17) is 0 Å². The van der Waals surface area contributed by atoms with Crippen molar-refractivity contribution in [2.75, 3.05) is 0 Å². The number of aryl methyl sites for hydroxylation is 4. The van der Waals surface area contributed by atoms with Gasteiger partial charge in [-0.2, -0.15) is 0 Å². The highest BCUT2D eigenvalue weighted by Gasteiger charge is 2.11. The number of rotatable bonds is 1. The second-order valence-electron chi connectivity index (χ2n) is 5.67. The lowest BCUT2D eigenvalue weighted by atomic mass is 9.99. The maximum absolute atomic E-state index is 3.56. The summed E-state index contributed by atoms with van der Waals surface area (Å²) in [5, 5.41) is 0. The lowest BCUT2D eigenvalue weighted by Crippen LogP contribution is -1.91. The topological polar surface area (TPSA) is 0 Å². The molecule has 1 aliphatic carbocycles. The minimum absolute atomic E-state index is 1.17. The fraction of sp³-hybridized carbons (Fsp3) is 0.579. The normalized spacial score (nSPS) is 11.7. The summed E-state index contributed by atoms with van der Waals surface area (Å²) in [4.78, 5) is 0. The number of hydrogen-bond acceptors (Lipinski definition) is 0. The van der Waals surface area contributed by atoms with E-state index in [-0.39, 0.29) is 0 Å². The molecular weight excluding hydrogens is 228 g/mol. The van der Waals surface area contributed by atoms with Gasteiger partial charge in [0.15, 0.2) is 0 Å². The molecule has 0 spiro atoms. The molecule has 0 aromatic heterocycles. The Bertz CT molecular complexity index is 381. The Hall–Kier alpha value is -1.04. The first kappa shape index (κ1) is 18.0. The molecular formula is C19H32. The second kappa shape index (κ2) is 9.83. The zero-order chi connectivity index (χ0) is 14.8. The van der Waals surface area contributed by atoms with Crippen molar-refractivity contribution in [3.05, 3.63) is 46.5 Å². The zero-order valence-electron chi connectivity index (χ0n) is 13.9. The van der Waals surface area contributed by atoms with Crippen molar-refractivity contribution < 1.29 is 0 Å². The zero-order valence-corrected chi connectivity index (χ0v) is 13.9. The summed E-state index contributed by atoms with van der Waals surface area (Å²) in [6.45, 7) is 16.2. The van der Waals surface area contributed by atoms with Crippen molar-refractivity contribution in [2.24, 2.45) is 0 Å². The maximum atomic E-state index is 3.56. The standard InChI is InChI=1S/C12H16.C4H8.C3H8/c1-3-10-8-12-6-4-5-11(12)7-9(10)2;1-4(2)3;1-3-2/h7-8H,3-6H2,1-2H3;1H2,2-3H3;3H2,1-2H3. The largest absolute Gasteiger partial charge is 0.100 e. The quantitative estimate of drug-likeness (QED) is 0.540.